The van der Waals surface area contributed by atoms with Crippen LogP contribution in [0.15, 0.2) is 82.7 Å². The number of thioether (sulfide) groups is 1. The van der Waals surface area contributed by atoms with Crippen LogP contribution in [0, 0.1) is 0 Å². The Morgan fingerprint density at radius 3 is 2.19 bits per heavy atom. The molecule has 0 bridgehead atoms. The molecule has 1 atom stereocenters. The van der Waals surface area contributed by atoms with Crippen LogP contribution >= 0.6 is 11.8 Å². The number of amides is 1. The number of aliphatic imine (C=N–C) groups is 1. The number of rotatable bonds is 8. The van der Waals surface area contributed by atoms with E-state index in [-0.39, 0.29) is 17.0 Å². The van der Waals surface area contributed by atoms with E-state index < -0.39 is 21.4 Å². The molecule has 1 aliphatic heterocycles. The number of alkyl halides is 3. The van der Waals surface area contributed by atoms with Crippen molar-refractivity contribution in [2.75, 3.05) is 10.0 Å². The van der Waals surface area contributed by atoms with Gasteiger partial charge in [0.05, 0.1) is 4.91 Å². The molecular weight excluding hydrogens is 599 g/mol. The summed E-state index contributed by atoms with van der Waals surface area (Å²) < 4.78 is 67.8. The number of benzene rings is 3. The molecule has 0 spiro atoms. The van der Waals surface area contributed by atoms with Crippen LogP contribution in [0.1, 0.15) is 67.7 Å². The third-order valence-corrected chi connectivity index (χ3v) is 9.30. The lowest BCUT2D eigenvalue weighted by atomic mass is 9.84. The van der Waals surface area contributed by atoms with E-state index in [0.29, 0.717) is 22.3 Å². The first kappa shape index (κ1) is 30.7. The van der Waals surface area contributed by atoms with E-state index in [0.717, 1.165) is 22.9 Å². The van der Waals surface area contributed by atoms with Gasteiger partial charge in [-0.05, 0) is 96.6 Å². The summed E-state index contributed by atoms with van der Waals surface area (Å²) in [6.45, 7) is 2.01. The topological polar surface area (TPSA) is 96.9 Å². The lowest BCUT2D eigenvalue weighted by molar-refractivity contribution is -0.113. The van der Waals surface area contributed by atoms with Crippen molar-refractivity contribution >= 4 is 50.3 Å². The van der Waals surface area contributed by atoms with Crippen molar-refractivity contribution in [1.82, 2.24) is 0 Å². The second kappa shape index (κ2) is 12.8. The Bertz CT molecular complexity index is 1610. The third kappa shape index (κ3) is 7.80. The van der Waals surface area contributed by atoms with Gasteiger partial charge in [0.25, 0.3) is 5.91 Å². The van der Waals surface area contributed by atoms with E-state index in [1.54, 1.807) is 6.08 Å². The molecule has 2 N–H and O–H groups in total. The molecule has 2 aliphatic rings. The van der Waals surface area contributed by atoms with Gasteiger partial charge in [0.2, 0.25) is 0 Å². The van der Waals surface area contributed by atoms with Gasteiger partial charge >= 0.3 is 15.5 Å². The van der Waals surface area contributed by atoms with Gasteiger partial charge in [-0.15, -0.1) is 0 Å². The molecule has 1 unspecified atom stereocenters. The summed E-state index contributed by atoms with van der Waals surface area (Å²) in [5, 5.41) is 3.19. The van der Waals surface area contributed by atoms with E-state index >= 15 is 0 Å². The van der Waals surface area contributed by atoms with Crippen molar-refractivity contribution in [3.8, 4) is 5.75 Å². The maximum Gasteiger partial charge on any atom is 0.516 e. The molecule has 1 saturated carbocycles. The molecule has 0 aromatic heterocycles. The summed E-state index contributed by atoms with van der Waals surface area (Å²) in [4.78, 5) is 16.8. The lowest BCUT2D eigenvalue weighted by Crippen LogP contribution is -2.29. The molecule has 226 valence electrons. The zero-order valence-corrected chi connectivity index (χ0v) is 24.9. The van der Waals surface area contributed by atoms with E-state index in [4.69, 9.17) is 4.74 Å². The van der Waals surface area contributed by atoms with Crippen molar-refractivity contribution < 1.29 is 31.1 Å². The maximum absolute atomic E-state index is 12.6. The largest absolute Gasteiger partial charge is 0.516 e. The predicted octanol–water partition coefficient (Wildman–Crippen LogP) is 8.22. The second-order valence-corrected chi connectivity index (χ2v) is 13.1. The first-order chi connectivity index (χ1) is 20.5. The average molecular weight is 630 g/mol. The molecule has 5 rings (SSSR count). The number of anilines is 2. The number of nitrogens with one attached hydrogen (secondary N) is 2. The van der Waals surface area contributed by atoms with Gasteiger partial charge in [-0.25, -0.2) is 0 Å². The fourth-order valence-electron chi connectivity index (χ4n) is 4.96. The second-order valence-electron chi connectivity index (χ2n) is 10.4. The first-order valence-electron chi connectivity index (χ1n) is 13.8. The van der Waals surface area contributed by atoms with Gasteiger partial charge in [0.15, 0.2) is 5.17 Å². The van der Waals surface area contributed by atoms with Gasteiger partial charge < -0.3 is 10.1 Å². The van der Waals surface area contributed by atoms with Crippen molar-refractivity contribution in [3.63, 3.8) is 0 Å². The zero-order valence-electron chi connectivity index (χ0n) is 23.2. The summed E-state index contributed by atoms with van der Waals surface area (Å²) >= 11 is 1.11. The van der Waals surface area contributed by atoms with Gasteiger partial charge in [0.1, 0.15) is 11.9 Å². The van der Waals surface area contributed by atoms with Gasteiger partial charge in [-0.1, -0.05) is 55.7 Å². The molecule has 43 heavy (non-hydrogen) atoms. The number of hydrogen-bond donors (Lipinski definition) is 2. The Labute approximate surface area is 252 Å². The lowest BCUT2D eigenvalue weighted by Gasteiger charge is -2.22. The molecule has 1 aliphatic carbocycles. The Balaban J connectivity index is 1.14. The van der Waals surface area contributed by atoms with Crippen LogP contribution in [0.25, 0.3) is 6.08 Å². The Hall–Kier alpha value is -3.77. The molecule has 12 heteroatoms. The van der Waals surface area contributed by atoms with Crippen molar-refractivity contribution in [1.29, 1.82) is 0 Å². The zero-order chi connectivity index (χ0) is 30.6. The fraction of sp³-hybridized carbons (Fsp3) is 0.290. The minimum Gasteiger partial charge on any atom is -0.486 e. The van der Waals surface area contributed by atoms with Crippen LogP contribution in [-0.2, 0) is 14.8 Å². The van der Waals surface area contributed by atoms with Crippen LogP contribution in [0.4, 0.5) is 24.5 Å². The number of nitrogens with zero attached hydrogens (tertiary/aromatic N) is 1. The number of sulfonamides is 1. The molecule has 3 aromatic rings. The third-order valence-electron chi connectivity index (χ3n) is 7.29. The minimum absolute atomic E-state index is 0.127. The molecule has 7 nitrogen and oxygen atoms in total. The van der Waals surface area contributed by atoms with E-state index in [1.165, 1.54) is 66.7 Å². The van der Waals surface area contributed by atoms with Crippen LogP contribution in [0.2, 0.25) is 0 Å². The highest BCUT2D eigenvalue weighted by atomic mass is 32.2. The fourth-order valence-corrected chi connectivity index (χ4v) is 6.36. The molecule has 0 radical (unpaired) electrons. The minimum atomic E-state index is -5.52. The van der Waals surface area contributed by atoms with E-state index in [2.05, 4.69) is 34.6 Å². The maximum atomic E-state index is 12.6. The molecule has 0 saturated heterocycles. The number of ether oxygens (including phenoxy) is 1. The van der Waals surface area contributed by atoms with Crippen LogP contribution in [0.3, 0.4) is 0 Å². The normalized spacial score (nSPS) is 17.9. The average Bonchev–Trinajstić information content (AvgIpc) is 3.32. The molecule has 3 aromatic carbocycles. The van der Waals surface area contributed by atoms with Crippen LogP contribution in [-0.4, -0.2) is 25.0 Å². The van der Waals surface area contributed by atoms with Crippen molar-refractivity contribution in [2.45, 2.75) is 56.6 Å². The molecular formula is C31H30F3N3O4S2. The van der Waals surface area contributed by atoms with Crippen LogP contribution < -0.4 is 14.8 Å². The number of hydrogen-bond acceptors (Lipinski definition) is 6. The number of carbonyl (C=O) groups is 1. The van der Waals surface area contributed by atoms with Gasteiger partial charge in [-0.3, -0.25) is 9.52 Å². The highest BCUT2D eigenvalue weighted by molar-refractivity contribution is 8.18. The Kier molecular flexibility index (Phi) is 9.16. The molecule has 1 heterocycles. The summed E-state index contributed by atoms with van der Waals surface area (Å²) in [7, 11) is -5.52. The highest BCUT2D eigenvalue weighted by Gasteiger charge is 2.46. The number of carbonyl (C=O) groups excluding carboxylic acids is 1. The Morgan fingerprint density at radius 2 is 1.56 bits per heavy atom. The SMILES string of the molecule is CC(Oc1ccc(/C=C2/SC(Nc3ccc(NS(=O)(=O)C(F)(F)F)cc3)=NC2=O)cc1)c1ccc(C2CCCCC2)cc1. The van der Waals surface area contributed by atoms with E-state index in [9.17, 15) is 26.4 Å². The van der Waals surface area contributed by atoms with E-state index in [1.807, 2.05) is 31.2 Å². The summed E-state index contributed by atoms with van der Waals surface area (Å²) in [6.07, 6.45) is 8.05. The number of amidine groups is 1. The first-order valence-corrected chi connectivity index (χ1v) is 16.1. The quantitative estimate of drug-likeness (QED) is 0.244. The monoisotopic (exact) mass is 629 g/mol. The van der Waals surface area contributed by atoms with Gasteiger partial charge in [0, 0.05) is 11.4 Å². The smallest absolute Gasteiger partial charge is 0.486 e. The Morgan fingerprint density at radius 1 is 0.930 bits per heavy atom. The highest BCUT2D eigenvalue weighted by Crippen LogP contribution is 2.34. The summed E-state index contributed by atoms with van der Waals surface area (Å²) in [5.74, 6) is 0.929. The molecule has 1 amide bonds. The van der Waals surface area contributed by atoms with Crippen molar-refractivity contribution in [2.24, 2.45) is 4.99 Å². The van der Waals surface area contributed by atoms with Gasteiger partial charge in [-0.2, -0.15) is 26.6 Å². The predicted molar refractivity (Wildman–Crippen MR) is 164 cm³/mol. The summed E-state index contributed by atoms with van der Waals surface area (Å²) in [5.41, 5.74) is -1.97. The van der Waals surface area contributed by atoms with Crippen molar-refractivity contribution in [3.05, 3.63) is 94.4 Å². The summed E-state index contributed by atoms with van der Waals surface area (Å²) in [6, 6.07) is 21.2. The number of halogens is 3. The molecule has 1 fully saturated rings. The standard InChI is InChI=1S/C31H30F3N3O4S2/c1-20(22-9-11-24(12-10-22)23-5-3-2-4-6-23)41-27-17-7-21(8-18-27)19-28-29(38)36-30(42-28)35-25-13-15-26(16-14-25)37-43(39,40)31(32,33)34/h7-20,23,37H,2-6H2,1H3,(H,35,36,38)/b28-19+. The van der Waals surface area contributed by atoms with Crippen LogP contribution in [0.5, 0.6) is 5.75 Å².